The van der Waals surface area contributed by atoms with Gasteiger partial charge in [-0.25, -0.2) is 4.79 Å². The number of anilines is 1. The lowest BCUT2D eigenvalue weighted by Gasteiger charge is -2.14. The molecular weight excluding hydrogens is 348 g/mol. The van der Waals surface area contributed by atoms with Crippen molar-refractivity contribution in [3.05, 3.63) is 59.2 Å². The minimum absolute atomic E-state index is 0.339. The van der Waals surface area contributed by atoms with E-state index in [0.717, 1.165) is 23.4 Å². The van der Waals surface area contributed by atoms with Crippen molar-refractivity contribution < 1.29 is 14.3 Å². The van der Waals surface area contributed by atoms with Crippen molar-refractivity contribution in [2.45, 2.75) is 20.3 Å². The monoisotopic (exact) mass is 372 g/mol. The summed E-state index contributed by atoms with van der Waals surface area (Å²) < 4.78 is 10.2. The second-order valence-electron chi connectivity index (χ2n) is 5.73. The quantitative estimate of drug-likeness (QED) is 0.571. The highest BCUT2D eigenvalue weighted by Crippen LogP contribution is 2.17. The van der Waals surface area contributed by atoms with Gasteiger partial charge in [0.2, 0.25) is 0 Å². The van der Waals surface area contributed by atoms with Crippen LogP contribution >= 0.6 is 12.2 Å². The van der Waals surface area contributed by atoms with Crippen molar-refractivity contribution in [3.8, 4) is 5.75 Å². The lowest BCUT2D eigenvalue weighted by atomic mass is 10.1. The molecule has 0 aliphatic rings. The van der Waals surface area contributed by atoms with E-state index in [4.69, 9.17) is 21.7 Å². The number of nitrogens with one attached hydrogen (secondary N) is 2. The Labute approximate surface area is 159 Å². The standard InChI is InChI=1S/C20H24N2O3S/c1-4-25-19(23)16-8-5-14(2)18(13-16)22-20(26)21-12-11-15-6-9-17(24-3)10-7-15/h5-10,13H,4,11-12H2,1-3H3,(H2,21,22,26). The molecule has 0 amide bonds. The van der Waals surface area contributed by atoms with E-state index in [0.29, 0.717) is 23.8 Å². The molecule has 2 aromatic carbocycles. The average molecular weight is 372 g/mol. The lowest BCUT2D eigenvalue weighted by Crippen LogP contribution is -2.30. The van der Waals surface area contributed by atoms with Gasteiger partial charge in [-0.05, 0) is 67.9 Å². The molecule has 0 bridgehead atoms. The van der Waals surface area contributed by atoms with Crippen LogP contribution in [0.15, 0.2) is 42.5 Å². The summed E-state index contributed by atoms with van der Waals surface area (Å²) >= 11 is 5.35. The molecule has 0 fully saturated rings. The Hall–Kier alpha value is -2.60. The molecule has 6 heteroatoms. The third-order valence-corrected chi connectivity index (χ3v) is 4.10. The van der Waals surface area contributed by atoms with Crippen LogP contribution in [0.3, 0.4) is 0 Å². The molecule has 138 valence electrons. The minimum Gasteiger partial charge on any atom is -0.497 e. The van der Waals surface area contributed by atoms with Crippen molar-refractivity contribution in [2.75, 3.05) is 25.6 Å². The Balaban J connectivity index is 1.88. The number of benzene rings is 2. The van der Waals surface area contributed by atoms with Crippen LogP contribution in [0, 0.1) is 6.92 Å². The molecule has 0 saturated carbocycles. The van der Waals surface area contributed by atoms with Gasteiger partial charge in [0, 0.05) is 12.2 Å². The summed E-state index contributed by atoms with van der Waals surface area (Å²) in [6, 6.07) is 13.3. The molecule has 2 aromatic rings. The molecule has 0 atom stereocenters. The number of aryl methyl sites for hydroxylation is 1. The second kappa shape index (κ2) is 9.77. The number of hydrogen-bond donors (Lipinski definition) is 2. The van der Waals surface area contributed by atoms with E-state index < -0.39 is 0 Å². The van der Waals surface area contributed by atoms with Gasteiger partial charge in [0.15, 0.2) is 5.11 Å². The summed E-state index contributed by atoms with van der Waals surface area (Å²) in [7, 11) is 1.65. The maximum atomic E-state index is 11.9. The van der Waals surface area contributed by atoms with Gasteiger partial charge in [-0.15, -0.1) is 0 Å². The molecule has 0 saturated heterocycles. The predicted octanol–water partition coefficient (Wildman–Crippen LogP) is 3.71. The fourth-order valence-electron chi connectivity index (χ4n) is 2.38. The van der Waals surface area contributed by atoms with E-state index in [2.05, 4.69) is 10.6 Å². The summed E-state index contributed by atoms with van der Waals surface area (Å²) in [5.74, 6) is 0.504. The smallest absolute Gasteiger partial charge is 0.338 e. The van der Waals surface area contributed by atoms with Gasteiger partial charge >= 0.3 is 5.97 Å². The minimum atomic E-state index is -0.339. The van der Waals surface area contributed by atoms with E-state index in [1.807, 2.05) is 37.3 Å². The second-order valence-corrected chi connectivity index (χ2v) is 6.14. The van der Waals surface area contributed by atoms with E-state index >= 15 is 0 Å². The zero-order chi connectivity index (χ0) is 18.9. The third kappa shape index (κ3) is 5.74. The van der Waals surface area contributed by atoms with Gasteiger partial charge in [0.25, 0.3) is 0 Å². The van der Waals surface area contributed by atoms with Crippen LogP contribution in [0.4, 0.5) is 5.69 Å². The molecule has 0 unspecified atom stereocenters. The van der Waals surface area contributed by atoms with Crippen LogP contribution in [0.25, 0.3) is 0 Å². The molecule has 5 nitrogen and oxygen atoms in total. The van der Waals surface area contributed by atoms with Crippen LogP contribution in [-0.2, 0) is 11.2 Å². The number of carbonyl (C=O) groups excluding carboxylic acids is 1. The molecule has 0 aliphatic heterocycles. The van der Waals surface area contributed by atoms with Crippen molar-refractivity contribution in [1.29, 1.82) is 0 Å². The van der Waals surface area contributed by atoms with Gasteiger partial charge in [0.05, 0.1) is 19.3 Å². The normalized spacial score (nSPS) is 10.1. The SMILES string of the molecule is CCOC(=O)c1ccc(C)c(NC(=S)NCCc2ccc(OC)cc2)c1. The first-order chi connectivity index (χ1) is 12.5. The zero-order valence-electron chi connectivity index (χ0n) is 15.3. The number of rotatable bonds is 7. The average Bonchev–Trinajstić information content (AvgIpc) is 2.64. The molecule has 2 N–H and O–H groups in total. The first-order valence-electron chi connectivity index (χ1n) is 8.49. The summed E-state index contributed by atoms with van der Waals surface area (Å²) in [5, 5.41) is 6.84. The summed E-state index contributed by atoms with van der Waals surface area (Å²) in [6.07, 6.45) is 0.841. The predicted molar refractivity (Wildman–Crippen MR) is 108 cm³/mol. The summed E-state index contributed by atoms with van der Waals surface area (Å²) in [6.45, 7) is 4.79. The highest BCUT2D eigenvalue weighted by molar-refractivity contribution is 7.80. The topological polar surface area (TPSA) is 59.6 Å². The lowest BCUT2D eigenvalue weighted by molar-refractivity contribution is 0.0526. The molecule has 2 rings (SSSR count). The number of thiocarbonyl (C=S) groups is 1. The van der Waals surface area contributed by atoms with Crippen LogP contribution in [0.2, 0.25) is 0 Å². The third-order valence-electron chi connectivity index (χ3n) is 3.86. The van der Waals surface area contributed by atoms with Gasteiger partial charge in [-0.1, -0.05) is 18.2 Å². The first-order valence-corrected chi connectivity index (χ1v) is 8.90. The Morgan fingerprint density at radius 3 is 2.54 bits per heavy atom. The number of carbonyl (C=O) groups is 1. The molecular formula is C20H24N2O3S. The molecule has 0 heterocycles. The van der Waals surface area contributed by atoms with E-state index in [1.54, 1.807) is 26.2 Å². The van der Waals surface area contributed by atoms with Crippen LogP contribution in [0.1, 0.15) is 28.4 Å². The van der Waals surface area contributed by atoms with Gasteiger partial charge in [0.1, 0.15) is 5.75 Å². The van der Waals surface area contributed by atoms with E-state index in [1.165, 1.54) is 5.56 Å². The highest BCUT2D eigenvalue weighted by atomic mass is 32.1. The van der Waals surface area contributed by atoms with Gasteiger partial charge < -0.3 is 20.1 Å². The Bertz CT molecular complexity index is 760. The maximum absolute atomic E-state index is 11.9. The van der Waals surface area contributed by atoms with Gasteiger partial charge in [-0.3, -0.25) is 0 Å². The van der Waals surface area contributed by atoms with Crippen molar-refractivity contribution in [3.63, 3.8) is 0 Å². The fourth-order valence-corrected chi connectivity index (χ4v) is 2.59. The van der Waals surface area contributed by atoms with Crippen LogP contribution in [-0.4, -0.2) is 31.3 Å². The summed E-state index contributed by atoms with van der Waals surface area (Å²) in [5.41, 5.74) is 3.48. The molecule has 0 radical (unpaired) electrons. The largest absolute Gasteiger partial charge is 0.497 e. The molecule has 0 aromatic heterocycles. The van der Waals surface area contributed by atoms with Gasteiger partial charge in [-0.2, -0.15) is 0 Å². The van der Waals surface area contributed by atoms with E-state index in [9.17, 15) is 4.79 Å². The number of hydrogen-bond acceptors (Lipinski definition) is 4. The molecule has 26 heavy (non-hydrogen) atoms. The Morgan fingerprint density at radius 2 is 1.88 bits per heavy atom. The number of esters is 1. The molecule has 0 spiro atoms. The van der Waals surface area contributed by atoms with E-state index in [-0.39, 0.29) is 5.97 Å². The zero-order valence-corrected chi connectivity index (χ0v) is 16.1. The Kier molecular flexibility index (Phi) is 7.41. The number of methoxy groups -OCH3 is 1. The van der Waals surface area contributed by atoms with Crippen LogP contribution in [0.5, 0.6) is 5.75 Å². The van der Waals surface area contributed by atoms with Crippen molar-refractivity contribution in [1.82, 2.24) is 5.32 Å². The Morgan fingerprint density at radius 1 is 1.15 bits per heavy atom. The summed E-state index contributed by atoms with van der Waals surface area (Å²) in [4.78, 5) is 11.9. The number of ether oxygens (including phenoxy) is 2. The first kappa shape index (κ1) is 19.7. The van der Waals surface area contributed by atoms with Crippen molar-refractivity contribution >= 4 is 29.0 Å². The fraction of sp³-hybridized carbons (Fsp3) is 0.300. The van der Waals surface area contributed by atoms with Crippen molar-refractivity contribution in [2.24, 2.45) is 0 Å². The molecule has 0 aliphatic carbocycles. The maximum Gasteiger partial charge on any atom is 0.338 e. The van der Waals surface area contributed by atoms with Crippen LogP contribution < -0.4 is 15.4 Å². The highest BCUT2D eigenvalue weighted by Gasteiger charge is 2.09.